The van der Waals surface area contributed by atoms with Crippen LogP contribution in [0.15, 0.2) is 71.7 Å². The molecule has 0 unspecified atom stereocenters. The van der Waals surface area contributed by atoms with Gasteiger partial charge in [-0.1, -0.05) is 52.8 Å². The van der Waals surface area contributed by atoms with Crippen LogP contribution in [-0.2, 0) is 34.3 Å². The van der Waals surface area contributed by atoms with E-state index in [1.807, 2.05) is 15.7 Å². The Morgan fingerprint density at radius 2 is 1.17 bits per heavy atom. The lowest BCUT2D eigenvalue weighted by Gasteiger charge is -2.33. The average Bonchev–Trinajstić information content (AvgIpc) is 3.94. The van der Waals surface area contributed by atoms with Crippen molar-refractivity contribution in [3.63, 3.8) is 0 Å². The first-order valence-electron chi connectivity index (χ1n) is 20.7. The van der Waals surface area contributed by atoms with Gasteiger partial charge < -0.3 is 28.7 Å². The minimum absolute atomic E-state index is 0.145. The van der Waals surface area contributed by atoms with Crippen molar-refractivity contribution >= 4 is 34.9 Å². The lowest BCUT2D eigenvalue weighted by atomic mass is 9.72. The molecule has 0 atom stereocenters. The van der Waals surface area contributed by atoms with Gasteiger partial charge in [-0.05, 0) is 104 Å². The van der Waals surface area contributed by atoms with E-state index in [4.69, 9.17) is 18.9 Å². The van der Waals surface area contributed by atoms with Crippen molar-refractivity contribution in [1.82, 2.24) is 19.8 Å². The molecule has 2 saturated heterocycles. The quantitative estimate of drug-likeness (QED) is 0.123. The number of aromatic nitrogens is 2. The Morgan fingerprint density at radius 3 is 1.60 bits per heavy atom. The molecule has 0 spiro atoms. The molecule has 60 heavy (non-hydrogen) atoms. The number of rotatable bonds is 14. The normalized spacial score (nSPS) is 15.5. The number of alkyl halides is 3. The van der Waals surface area contributed by atoms with Crippen molar-refractivity contribution in [3.8, 4) is 11.5 Å². The summed E-state index contributed by atoms with van der Waals surface area (Å²) in [5.74, 6) is 2.11. The number of piperidine rings is 2. The van der Waals surface area contributed by atoms with Gasteiger partial charge in [0, 0.05) is 49.3 Å². The summed E-state index contributed by atoms with van der Waals surface area (Å²) in [5, 5.41) is 5.31. The Labute approximate surface area is 360 Å². The standard InChI is InChI=1S/C26H38N2O3S.C19H21F3N2O3S/c1-25(2,3)19-26(4,5)21-6-8-22(9-7-21)30-16-12-20-10-14-28(15-11-20)24(29)31-18-23-27-13-17-32-23;20-19(21,22)15-2-1-3-16(12-15)26-10-6-14-4-8-24(9-5-14)18(25)27-13-17-23-7-11-28-17/h6-9,13,17,20H,10-12,14-16,18-19H2,1-5H3;1-3,7,11-12,14H,4-6,8-10,13H2. The number of likely N-dealkylation sites (tertiary alicyclic amines) is 2. The Balaban J connectivity index is 0.000000230. The van der Waals surface area contributed by atoms with E-state index in [1.54, 1.807) is 17.3 Å². The van der Waals surface area contributed by atoms with Crippen LogP contribution in [0.2, 0.25) is 0 Å². The number of ether oxygens (including phenoxy) is 4. The number of nitrogens with zero attached hydrogens (tertiary/aromatic N) is 4. The minimum atomic E-state index is -4.37. The summed E-state index contributed by atoms with van der Waals surface area (Å²) in [6.07, 6.45) is 4.96. The van der Waals surface area contributed by atoms with Crippen LogP contribution in [0.5, 0.6) is 11.5 Å². The molecule has 2 amide bonds. The molecule has 0 aliphatic carbocycles. The zero-order chi connectivity index (χ0) is 43.2. The molecular weight excluding hydrogens is 814 g/mol. The maximum Gasteiger partial charge on any atom is 0.416 e. The van der Waals surface area contributed by atoms with E-state index in [1.165, 1.54) is 40.4 Å². The molecular formula is C45H59F3N4O6S2. The first kappa shape index (κ1) is 46.7. The highest BCUT2D eigenvalue weighted by Crippen LogP contribution is 2.37. The number of benzene rings is 2. The number of thiazole rings is 2. The van der Waals surface area contributed by atoms with Gasteiger partial charge in [-0.2, -0.15) is 13.2 Å². The number of amides is 2. The topological polar surface area (TPSA) is 103 Å². The predicted octanol–water partition coefficient (Wildman–Crippen LogP) is 11.7. The summed E-state index contributed by atoms with van der Waals surface area (Å²) in [6, 6.07) is 13.5. The lowest BCUT2D eigenvalue weighted by molar-refractivity contribution is -0.137. The molecule has 2 aromatic heterocycles. The van der Waals surface area contributed by atoms with Crippen molar-refractivity contribution in [1.29, 1.82) is 0 Å². The summed E-state index contributed by atoms with van der Waals surface area (Å²) in [4.78, 5) is 36.0. The Hall–Kier alpha value is -4.37. The van der Waals surface area contributed by atoms with Crippen LogP contribution in [-0.4, -0.2) is 71.3 Å². The van der Waals surface area contributed by atoms with E-state index in [0.717, 1.165) is 85.9 Å². The summed E-state index contributed by atoms with van der Waals surface area (Å²) < 4.78 is 60.3. The fraction of sp³-hybridized carbons (Fsp3) is 0.556. The van der Waals surface area contributed by atoms with Gasteiger partial charge in [0.15, 0.2) is 0 Å². The van der Waals surface area contributed by atoms with E-state index in [2.05, 4.69) is 68.9 Å². The number of hydrogen-bond acceptors (Lipinski definition) is 10. The van der Waals surface area contributed by atoms with Crippen molar-refractivity contribution in [3.05, 3.63) is 92.8 Å². The molecule has 4 heterocycles. The smallest absolute Gasteiger partial charge is 0.416 e. The molecule has 10 nitrogen and oxygen atoms in total. The molecule has 4 aromatic rings. The minimum Gasteiger partial charge on any atom is -0.494 e. The van der Waals surface area contributed by atoms with Gasteiger partial charge in [-0.15, -0.1) is 22.7 Å². The molecule has 0 bridgehead atoms. The zero-order valence-electron chi connectivity index (χ0n) is 35.4. The first-order chi connectivity index (χ1) is 28.5. The van der Waals surface area contributed by atoms with E-state index < -0.39 is 11.7 Å². The molecule has 0 radical (unpaired) electrons. The maximum atomic E-state index is 12.7. The molecule has 2 aliphatic rings. The fourth-order valence-electron chi connectivity index (χ4n) is 7.77. The van der Waals surface area contributed by atoms with Crippen LogP contribution in [0.25, 0.3) is 0 Å². The Morgan fingerprint density at radius 1 is 0.683 bits per heavy atom. The fourth-order valence-corrected chi connectivity index (χ4v) is 8.82. The average molecular weight is 873 g/mol. The van der Waals surface area contributed by atoms with Crippen molar-refractivity contribution in [2.24, 2.45) is 17.3 Å². The third kappa shape index (κ3) is 15.6. The zero-order valence-corrected chi connectivity index (χ0v) is 37.0. The first-order valence-corrected chi connectivity index (χ1v) is 22.4. The highest BCUT2D eigenvalue weighted by atomic mass is 32.1. The molecule has 328 valence electrons. The Kier molecular flexibility index (Phi) is 17.1. The van der Waals surface area contributed by atoms with Gasteiger partial charge in [-0.25, -0.2) is 19.6 Å². The third-order valence-corrected chi connectivity index (χ3v) is 12.2. The van der Waals surface area contributed by atoms with Gasteiger partial charge in [0.25, 0.3) is 0 Å². The lowest BCUT2D eigenvalue weighted by Crippen LogP contribution is -2.39. The van der Waals surface area contributed by atoms with Gasteiger partial charge in [0.1, 0.15) is 34.7 Å². The van der Waals surface area contributed by atoms with Crippen molar-refractivity contribution in [2.45, 2.75) is 104 Å². The third-order valence-electron chi connectivity index (χ3n) is 10.7. The van der Waals surface area contributed by atoms with Crippen molar-refractivity contribution in [2.75, 3.05) is 39.4 Å². The highest BCUT2D eigenvalue weighted by molar-refractivity contribution is 7.09. The molecule has 0 saturated carbocycles. The maximum absolute atomic E-state index is 12.7. The van der Waals surface area contributed by atoms with Gasteiger partial charge >= 0.3 is 18.4 Å². The predicted molar refractivity (Wildman–Crippen MR) is 228 cm³/mol. The monoisotopic (exact) mass is 872 g/mol. The molecule has 6 rings (SSSR count). The van der Waals surface area contributed by atoms with Gasteiger partial charge in [0.05, 0.1) is 18.8 Å². The van der Waals surface area contributed by atoms with Crippen LogP contribution in [0, 0.1) is 17.3 Å². The molecule has 2 aromatic carbocycles. The van der Waals surface area contributed by atoms with Gasteiger partial charge in [-0.3, -0.25) is 0 Å². The molecule has 2 fully saturated rings. The van der Waals surface area contributed by atoms with E-state index in [-0.39, 0.29) is 36.6 Å². The SMILES string of the molecule is CC(C)(C)CC(C)(C)c1ccc(OCCC2CCN(C(=O)OCc3nccs3)CC2)cc1.O=C(OCc1nccs1)N1CCC(CCOc2cccc(C(F)(F)F)c2)CC1. The van der Waals surface area contributed by atoms with Crippen molar-refractivity contribution < 1.29 is 41.7 Å². The summed E-state index contributed by atoms with van der Waals surface area (Å²) in [5.41, 5.74) is 1.09. The number of carbonyl (C=O) groups excluding carboxylic acids is 2. The second kappa shape index (κ2) is 21.9. The molecule has 2 aliphatic heterocycles. The van der Waals surface area contributed by atoms with Crippen LogP contribution in [0.1, 0.15) is 101 Å². The second-order valence-electron chi connectivity index (χ2n) is 17.3. The summed E-state index contributed by atoms with van der Waals surface area (Å²) in [6.45, 7) is 15.7. The van der Waals surface area contributed by atoms with E-state index in [9.17, 15) is 22.8 Å². The second-order valence-corrected chi connectivity index (χ2v) is 19.2. The van der Waals surface area contributed by atoms with E-state index >= 15 is 0 Å². The summed E-state index contributed by atoms with van der Waals surface area (Å²) in [7, 11) is 0. The van der Waals surface area contributed by atoms with Gasteiger partial charge in [0.2, 0.25) is 0 Å². The van der Waals surface area contributed by atoms with Crippen LogP contribution in [0.4, 0.5) is 22.8 Å². The highest BCUT2D eigenvalue weighted by Gasteiger charge is 2.31. The van der Waals surface area contributed by atoms with Crippen LogP contribution in [0.3, 0.4) is 0 Å². The molecule has 15 heteroatoms. The van der Waals surface area contributed by atoms with Crippen LogP contribution >= 0.6 is 22.7 Å². The largest absolute Gasteiger partial charge is 0.494 e. The number of carbonyl (C=O) groups is 2. The van der Waals surface area contributed by atoms with Crippen LogP contribution < -0.4 is 9.47 Å². The number of halogens is 3. The summed E-state index contributed by atoms with van der Waals surface area (Å²) >= 11 is 2.94. The van der Waals surface area contributed by atoms with E-state index in [0.29, 0.717) is 43.6 Å². The molecule has 0 N–H and O–H groups in total. The number of hydrogen-bond donors (Lipinski definition) is 0. The Bertz CT molecular complexity index is 1870.